The monoisotopic (exact) mass is 454 g/mol. The van der Waals surface area contributed by atoms with E-state index in [0.717, 1.165) is 12.8 Å². The molecule has 2 nitrogen and oxygen atoms in total. The minimum atomic E-state index is -0.689. The van der Waals surface area contributed by atoms with E-state index >= 15 is 0 Å². The predicted octanol–water partition coefficient (Wildman–Crippen LogP) is 7.52. The average Bonchev–Trinajstić information content (AvgIpc) is 2.54. The highest BCUT2D eigenvalue weighted by Gasteiger charge is 2.32. The van der Waals surface area contributed by atoms with Crippen LogP contribution in [0.5, 0.6) is 0 Å². The topological polar surface area (TPSA) is 26.3 Å². The Kier molecular flexibility index (Phi) is 16.2. The van der Waals surface area contributed by atoms with Crippen LogP contribution in [0.1, 0.15) is 103 Å². The van der Waals surface area contributed by atoms with Crippen molar-refractivity contribution in [2.24, 2.45) is 0 Å². The lowest BCUT2D eigenvalue weighted by atomic mass is 10.0. The van der Waals surface area contributed by atoms with Gasteiger partial charge in [-0.3, -0.25) is 0 Å². The number of esters is 1. The second-order valence-corrected chi connectivity index (χ2v) is 10.3. The fourth-order valence-electron chi connectivity index (χ4n) is 2.79. The zero-order valence-corrected chi connectivity index (χ0v) is 18.4. The van der Waals surface area contributed by atoms with Gasteiger partial charge in [-0.2, -0.15) is 0 Å². The molecule has 0 saturated carbocycles. The van der Waals surface area contributed by atoms with Crippen molar-refractivity contribution in [2.75, 3.05) is 7.11 Å². The summed E-state index contributed by atoms with van der Waals surface area (Å²) in [6.45, 7) is 2.27. The van der Waals surface area contributed by atoms with Gasteiger partial charge in [0.25, 0.3) is 0 Å². The van der Waals surface area contributed by atoms with Crippen LogP contribution in [0.2, 0.25) is 0 Å². The van der Waals surface area contributed by atoms with E-state index in [0.29, 0.717) is 0 Å². The van der Waals surface area contributed by atoms with Gasteiger partial charge in [0.05, 0.1) is 7.11 Å². The van der Waals surface area contributed by atoms with Crippen molar-refractivity contribution >= 4 is 37.8 Å². The molecule has 0 aromatic rings. The van der Waals surface area contributed by atoms with Crippen LogP contribution >= 0.6 is 31.9 Å². The number of rotatable bonds is 16. The molecule has 0 aliphatic rings. The molecule has 0 unspecified atom stereocenters. The lowest BCUT2D eigenvalue weighted by Gasteiger charge is -2.16. The highest BCUT2D eigenvalue weighted by atomic mass is 79.9. The van der Waals surface area contributed by atoms with Crippen LogP contribution in [0, 0.1) is 0 Å². The van der Waals surface area contributed by atoms with Gasteiger partial charge in [0.2, 0.25) is 0 Å². The smallest absolute Gasteiger partial charge is 0.333 e. The van der Waals surface area contributed by atoms with E-state index in [1.165, 1.54) is 90.6 Å². The predicted molar refractivity (Wildman–Crippen MR) is 108 cm³/mol. The van der Waals surface area contributed by atoms with Gasteiger partial charge in [-0.1, -0.05) is 129 Å². The Morgan fingerprint density at radius 1 is 0.739 bits per heavy atom. The first kappa shape index (κ1) is 23.4. The molecule has 23 heavy (non-hydrogen) atoms. The maximum Gasteiger partial charge on any atom is 0.333 e. The molecule has 0 heterocycles. The quantitative estimate of drug-likeness (QED) is 0.136. The van der Waals surface area contributed by atoms with Crippen molar-refractivity contribution in [2.45, 2.75) is 106 Å². The van der Waals surface area contributed by atoms with Gasteiger partial charge in [-0.25, -0.2) is 4.79 Å². The lowest BCUT2D eigenvalue weighted by molar-refractivity contribution is -0.140. The first-order valence-corrected chi connectivity index (χ1v) is 11.1. The molecule has 0 aromatic heterocycles. The van der Waals surface area contributed by atoms with Crippen molar-refractivity contribution in [3.8, 4) is 0 Å². The molecule has 0 rings (SSSR count). The first-order chi connectivity index (χ1) is 11.0. The zero-order chi connectivity index (χ0) is 17.4. The Balaban J connectivity index is 3.24. The fraction of sp³-hybridized carbons (Fsp3) is 0.947. The molecule has 0 saturated heterocycles. The number of halogens is 2. The third kappa shape index (κ3) is 14.5. The molecule has 0 fully saturated rings. The Morgan fingerprint density at radius 3 is 1.43 bits per heavy atom. The van der Waals surface area contributed by atoms with Gasteiger partial charge in [-0.05, 0) is 6.42 Å². The standard InChI is InChI=1S/C19H36Br2O2/c1-3-4-5-6-7-8-9-10-11-12-13-14-15-16-17-19(20,21)18(22)23-2/h3-17H2,1-2H3. The van der Waals surface area contributed by atoms with Crippen molar-refractivity contribution in [3.63, 3.8) is 0 Å². The summed E-state index contributed by atoms with van der Waals surface area (Å²) in [5.74, 6) is -0.243. The van der Waals surface area contributed by atoms with Crippen LogP contribution in [-0.4, -0.2) is 16.3 Å². The summed E-state index contributed by atoms with van der Waals surface area (Å²) in [7, 11) is 1.42. The second-order valence-electron chi connectivity index (χ2n) is 6.54. The van der Waals surface area contributed by atoms with Gasteiger partial charge >= 0.3 is 5.97 Å². The minimum absolute atomic E-state index is 0.243. The highest BCUT2D eigenvalue weighted by molar-refractivity contribution is 9.25. The molecule has 138 valence electrons. The number of hydrogen-bond acceptors (Lipinski definition) is 2. The van der Waals surface area contributed by atoms with Gasteiger partial charge in [0.15, 0.2) is 3.23 Å². The van der Waals surface area contributed by atoms with Crippen LogP contribution in [0.15, 0.2) is 0 Å². The summed E-state index contributed by atoms with van der Waals surface area (Å²) in [5.41, 5.74) is 0. The van der Waals surface area contributed by atoms with Crippen LogP contribution < -0.4 is 0 Å². The van der Waals surface area contributed by atoms with E-state index in [1.807, 2.05) is 0 Å². The number of hydrogen-bond donors (Lipinski definition) is 0. The molecule has 4 heteroatoms. The van der Waals surface area contributed by atoms with Crippen molar-refractivity contribution in [3.05, 3.63) is 0 Å². The summed E-state index contributed by atoms with van der Waals surface area (Å²) < 4.78 is 4.06. The Morgan fingerprint density at radius 2 is 1.09 bits per heavy atom. The Hall–Kier alpha value is 0.430. The molecule has 0 aromatic carbocycles. The zero-order valence-electron chi connectivity index (χ0n) is 15.2. The number of carbonyl (C=O) groups is 1. The lowest BCUT2D eigenvalue weighted by Crippen LogP contribution is -2.25. The number of unbranched alkanes of at least 4 members (excludes halogenated alkanes) is 13. The van der Waals surface area contributed by atoms with Crippen LogP contribution in [0.3, 0.4) is 0 Å². The SMILES string of the molecule is CCCCCCCCCCCCCCCCC(Br)(Br)C(=O)OC. The molecule has 0 radical (unpaired) electrons. The number of alkyl halides is 2. The van der Waals surface area contributed by atoms with Gasteiger partial charge < -0.3 is 4.74 Å². The average molecular weight is 456 g/mol. The molecule has 0 aliphatic carbocycles. The summed E-state index contributed by atoms with van der Waals surface area (Å²) in [4.78, 5) is 11.5. The molecule has 0 atom stereocenters. The molecule has 0 aliphatic heterocycles. The summed E-state index contributed by atoms with van der Waals surface area (Å²) in [5, 5.41) is 0. The van der Waals surface area contributed by atoms with Gasteiger partial charge in [0, 0.05) is 0 Å². The summed E-state index contributed by atoms with van der Waals surface area (Å²) >= 11 is 6.77. The van der Waals surface area contributed by atoms with E-state index in [9.17, 15) is 4.79 Å². The number of ether oxygens (including phenoxy) is 1. The van der Waals surface area contributed by atoms with E-state index in [4.69, 9.17) is 4.74 Å². The van der Waals surface area contributed by atoms with Gasteiger partial charge in [-0.15, -0.1) is 0 Å². The molecule has 0 N–H and O–H groups in total. The molecule has 0 amide bonds. The van der Waals surface area contributed by atoms with Crippen molar-refractivity contribution in [1.29, 1.82) is 0 Å². The maximum atomic E-state index is 11.5. The molecular formula is C19H36Br2O2. The second kappa shape index (κ2) is 15.9. The fourth-order valence-corrected chi connectivity index (χ4v) is 3.68. The number of methoxy groups -OCH3 is 1. The number of carbonyl (C=O) groups excluding carboxylic acids is 1. The maximum absolute atomic E-state index is 11.5. The van der Waals surface area contributed by atoms with E-state index in [-0.39, 0.29) is 5.97 Å². The van der Waals surface area contributed by atoms with Crippen molar-refractivity contribution < 1.29 is 9.53 Å². The van der Waals surface area contributed by atoms with Crippen LogP contribution in [0.25, 0.3) is 0 Å². The van der Waals surface area contributed by atoms with Crippen LogP contribution in [-0.2, 0) is 9.53 Å². The molecule has 0 bridgehead atoms. The highest BCUT2D eigenvalue weighted by Crippen LogP contribution is 2.33. The normalized spacial score (nSPS) is 11.7. The summed E-state index contributed by atoms with van der Waals surface area (Å²) in [6, 6.07) is 0. The van der Waals surface area contributed by atoms with Crippen molar-refractivity contribution in [1.82, 2.24) is 0 Å². The Labute approximate surface area is 160 Å². The van der Waals surface area contributed by atoms with E-state index < -0.39 is 3.23 Å². The van der Waals surface area contributed by atoms with E-state index in [1.54, 1.807) is 0 Å². The summed E-state index contributed by atoms with van der Waals surface area (Å²) in [6.07, 6.45) is 19.6. The Bertz CT molecular complexity index is 281. The largest absolute Gasteiger partial charge is 0.467 e. The van der Waals surface area contributed by atoms with E-state index in [2.05, 4.69) is 38.8 Å². The minimum Gasteiger partial charge on any atom is -0.467 e. The first-order valence-electron chi connectivity index (χ1n) is 9.51. The third-order valence-corrected chi connectivity index (χ3v) is 5.77. The molecule has 0 spiro atoms. The van der Waals surface area contributed by atoms with Gasteiger partial charge in [0.1, 0.15) is 0 Å². The third-order valence-electron chi connectivity index (χ3n) is 4.33. The van der Waals surface area contributed by atoms with Crippen LogP contribution in [0.4, 0.5) is 0 Å². The molecular weight excluding hydrogens is 420 g/mol.